The quantitative estimate of drug-likeness (QED) is 0.126. The molecule has 0 fully saturated rings. The fourth-order valence-corrected chi connectivity index (χ4v) is 10.2. The molecule has 57 heavy (non-hydrogen) atoms. The molecule has 0 saturated heterocycles. The number of hydrogen-bond acceptors (Lipinski definition) is 0. The van der Waals surface area contributed by atoms with Crippen LogP contribution in [0, 0.1) is 0 Å². The van der Waals surface area contributed by atoms with Gasteiger partial charge >= 0.3 is 0 Å². The summed E-state index contributed by atoms with van der Waals surface area (Å²) in [5, 5.41) is 15.3. The molecule has 266 valence electrons. The van der Waals surface area contributed by atoms with E-state index in [0.717, 1.165) is 0 Å². The third-order valence-corrected chi connectivity index (χ3v) is 13.0. The molecule has 0 spiro atoms. The van der Waals surface area contributed by atoms with Crippen molar-refractivity contribution in [3.63, 3.8) is 0 Å². The lowest BCUT2D eigenvalue weighted by molar-refractivity contribution is 0.661. The van der Waals surface area contributed by atoms with Gasteiger partial charge in [0.15, 0.2) is 0 Å². The molecular weight excluding hydrogens is 685 g/mol. The number of fused-ring (bicyclic) bond motifs is 10. The SMILES string of the molecule is CC1(C)c2ccc(-c3cccc(-c4c5ccccc5c(-c5cccc6c5ccc5cc7ccccc7cc56)c5ccccc45)c3)cc2-c2cc3ccccc3cc21. The molecule has 0 N–H and O–H groups in total. The Balaban J connectivity index is 1.05. The van der Waals surface area contributed by atoms with Gasteiger partial charge in [-0.25, -0.2) is 0 Å². The summed E-state index contributed by atoms with van der Waals surface area (Å²) in [6.07, 6.45) is 0. The molecule has 0 saturated carbocycles. The zero-order chi connectivity index (χ0) is 37.8. The average molecular weight is 723 g/mol. The van der Waals surface area contributed by atoms with E-state index in [2.05, 4.69) is 208 Å². The molecule has 11 aromatic carbocycles. The molecule has 0 radical (unpaired) electrons. The summed E-state index contributed by atoms with van der Waals surface area (Å²) < 4.78 is 0. The highest BCUT2D eigenvalue weighted by atomic mass is 14.4. The maximum atomic E-state index is 2.43. The molecule has 0 bridgehead atoms. The molecule has 0 heteroatoms. The lowest BCUT2D eigenvalue weighted by Crippen LogP contribution is -2.14. The highest BCUT2D eigenvalue weighted by molar-refractivity contribution is 6.25. The van der Waals surface area contributed by atoms with Crippen molar-refractivity contribution in [2.24, 2.45) is 0 Å². The van der Waals surface area contributed by atoms with Gasteiger partial charge < -0.3 is 0 Å². The van der Waals surface area contributed by atoms with Gasteiger partial charge in [-0.3, -0.25) is 0 Å². The van der Waals surface area contributed by atoms with Gasteiger partial charge in [0.1, 0.15) is 0 Å². The molecule has 0 aromatic heterocycles. The van der Waals surface area contributed by atoms with Crippen molar-refractivity contribution in [1.82, 2.24) is 0 Å². The van der Waals surface area contributed by atoms with Crippen LogP contribution in [0.1, 0.15) is 25.0 Å². The van der Waals surface area contributed by atoms with E-state index in [-0.39, 0.29) is 5.41 Å². The standard InChI is InChI=1S/C57H38/c1-57(2)53-28-26-40(33-51(53)52-32-38-15-5-6-16-39(38)34-54(52)57)36-17-11-18-42(30-36)55-46-19-7-9-21-48(46)56(49-22-10-8-20-47(49)55)45-24-12-23-43-44(45)27-25-41-29-35-13-3-4-14-37(35)31-50(41)43/h3-34H,1-2H3. The van der Waals surface area contributed by atoms with E-state index in [9.17, 15) is 0 Å². The smallest absolute Gasteiger partial charge is 0.0159 e. The summed E-state index contributed by atoms with van der Waals surface area (Å²) in [7, 11) is 0. The maximum absolute atomic E-state index is 2.43. The molecule has 12 rings (SSSR count). The summed E-state index contributed by atoms with van der Waals surface area (Å²) in [4.78, 5) is 0. The van der Waals surface area contributed by atoms with Crippen molar-refractivity contribution in [1.29, 1.82) is 0 Å². The van der Waals surface area contributed by atoms with Crippen molar-refractivity contribution >= 4 is 64.6 Å². The Morgan fingerprint density at radius 3 is 1.53 bits per heavy atom. The van der Waals surface area contributed by atoms with Gasteiger partial charge in [-0.05, 0) is 157 Å². The predicted octanol–water partition coefficient (Wildman–Crippen LogP) is 15.9. The third kappa shape index (κ3) is 4.74. The Hall–Kier alpha value is -7.02. The second kappa shape index (κ2) is 12.0. The predicted molar refractivity (Wildman–Crippen MR) is 245 cm³/mol. The Labute approximate surface area is 332 Å². The van der Waals surface area contributed by atoms with E-state index in [1.807, 2.05) is 0 Å². The second-order valence-electron chi connectivity index (χ2n) is 16.4. The van der Waals surface area contributed by atoms with Crippen LogP contribution in [0.25, 0.3) is 109 Å². The van der Waals surface area contributed by atoms with Crippen LogP contribution in [0.2, 0.25) is 0 Å². The minimum absolute atomic E-state index is 0.0553. The van der Waals surface area contributed by atoms with Crippen LogP contribution in [0.15, 0.2) is 194 Å². The monoisotopic (exact) mass is 722 g/mol. The molecular formula is C57H38. The van der Waals surface area contributed by atoms with Gasteiger partial charge in [-0.15, -0.1) is 0 Å². The lowest BCUT2D eigenvalue weighted by atomic mass is 9.81. The van der Waals surface area contributed by atoms with E-state index < -0.39 is 0 Å². The van der Waals surface area contributed by atoms with Crippen molar-refractivity contribution in [2.75, 3.05) is 0 Å². The minimum atomic E-state index is -0.0553. The number of hydrogen-bond donors (Lipinski definition) is 0. The van der Waals surface area contributed by atoms with E-state index in [0.29, 0.717) is 0 Å². The highest BCUT2D eigenvalue weighted by Crippen LogP contribution is 2.51. The molecule has 0 amide bonds. The third-order valence-electron chi connectivity index (χ3n) is 13.0. The Bertz CT molecular complexity index is 3430. The first-order chi connectivity index (χ1) is 28.0. The summed E-state index contributed by atoms with van der Waals surface area (Å²) >= 11 is 0. The Kier molecular flexibility index (Phi) is 6.78. The van der Waals surface area contributed by atoms with Crippen LogP contribution in [0.4, 0.5) is 0 Å². The lowest BCUT2D eigenvalue weighted by Gasteiger charge is -2.22. The Morgan fingerprint density at radius 2 is 0.807 bits per heavy atom. The van der Waals surface area contributed by atoms with E-state index in [1.165, 1.54) is 120 Å². The molecule has 1 aliphatic rings. The summed E-state index contributed by atoms with van der Waals surface area (Å²) in [5.74, 6) is 0. The van der Waals surface area contributed by atoms with E-state index in [1.54, 1.807) is 0 Å². The fourth-order valence-electron chi connectivity index (χ4n) is 10.2. The van der Waals surface area contributed by atoms with Gasteiger partial charge in [0.2, 0.25) is 0 Å². The van der Waals surface area contributed by atoms with Crippen LogP contribution in [-0.4, -0.2) is 0 Å². The van der Waals surface area contributed by atoms with Crippen molar-refractivity contribution in [2.45, 2.75) is 19.3 Å². The van der Waals surface area contributed by atoms with Gasteiger partial charge in [-0.2, -0.15) is 0 Å². The minimum Gasteiger partial charge on any atom is -0.0616 e. The molecule has 11 aromatic rings. The molecule has 0 nitrogen and oxygen atoms in total. The summed E-state index contributed by atoms with van der Waals surface area (Å²) in [6, 6.07) is 72.8. The van der Waals surface area contributed by atoms with Crippen LogP contribution in [-0.2, 0) is 5.41 Å². The Morgan fingerprint density at radius 1 is 0.263 bits per heavy atom. The first-order valence-electron chi connectivity index (χ1n) is 20.1. The van der Waals surface area contributed by atoms with Gasteiger partial charge in [-0.1, -0.05) is 172 Å². The van der Waals surface area contributed by atoms with Gasteiger partial charge in [0, 0.05) is 5.41 Å². The molecule has 0 aliphatic heterocycles. The van der Waals surface area contributed by atoms with E-state index >= 15 is 0 Å². The normalized spacial score (nSPS) is 13.2. The highest BCUT2D eigenvalue weighted by Gasteiger charge is 2.36. The molecule has 0 heterocycles. The van der Waals surface area contributed by atoms with Crippen molar-refractivity contribution in [3.05, 3.63) is 205 Å². The topological polar surface area (TPSA) is 0 Å². The molecule has 1 aliphatic carbocycles. The van der Waals surface area contributed by atoms with Crippen molar-refractivity contribution < 1.29 is 0 Å². The first-order valence-corrected chi connectivity index (χ1v) is 20.1. The number of benzene rings is 11. The van der Waals surface area contributed by atoms with Crippen LogP contribution in [0.5, 0.6) is 0 Å². The van der Waals surface area contributed by atoms with Crippen LogP contribution in [0.3, 0.4) is 0 Å². The summed E-state index contributed by atoms with van der Waals surface area (Å²) in [6.45, 7) is 4.74. The zero-order valence-corrected chi connectivity index (χ0v) is 32.0. The van der Waals surface area contributed by atoms with Gasteiger partial charge in [0.05, 0.1) is 0 Å². The molecule has 0 unspecified atom stereocenters. The second-order valence-corrected chi connectivity index (χ2v) is 16.4. The largest absolute Gasteiger partial charge is 0.0616 e. The first kappa shape index (κ1) is 32.2. The van der Waals surface area contributed by atoms with Crippen molar-refractivity contribution in [3.8, 4) is 44.5 Å². The van der Waals surface area contributed by atoms with Crippen LogP contribution < -0.4 is 0 Å². The van der Waals surface area contributed by atoms with Crippen LogP contribution >= 0.6 is 0 Å². The average Bonchev–Trinajstić information content (AvgIpc) is 3.48. The number of rotatable bonds is 3. The fraction of sp³-hybridized carbons (Fsp3) is 0.0526. The molecule has 0 atom stereocenters. The maximum Gasteiger partial charge on any atom is 0.0159 e. The van der Waals surface area contributed by atoms with Gasteiger partial charge in [0.25, 0.3) is 0 Å². The zero-order valence-electron chi connectivity index (χ0n) is 32.0. The summed E-state index contributed by atoms with van der Waals surface area (Å²) in [5.41, 5.74) is 13.0. The van der Waals surface area contributed by atoms with E-state index in [4.69, 9.17) is 0 Å².